The average Bonchev–Trinajstić information content (AvgIpc) is 3.36. The molecule has 0 aliphatic carbocycles. The number of hydrogen-bond donors (Lipinski definition) is 18. The van der Waals surface area contributed by atoms with Gasteiger partial charge in [0.1, 0.15) is 48.3 Å². The fourth-order valence-corrected chi connectivity index (χ4v) is 7.72. The van der Waals surface area contributed by atoms with Crippen LogP contribution in [0.25, 0.3) is 0 Å². The maximum Gasteiger partial charge on any atom is 0.326 e. The quantitative estimate of drug-likeness (QED) is 0.0155. The molecule has 0 saturated carbocycles. The lowest BCUT2D eigenvalue weighted by atomic mass is 9.95. The van der Waals surface area contributed by atoms with Gasteiger partial charge in [0.25, 0.3) is 0 Å². The fraction of sp³-hybridized carbons (Fsp3) is 0.735. The summed E-state index contributed by atoms with van der Waals surface area (Å²) in [6.07, 6.45) is 0.559. The number of rotatable bonds is 40. The second-order valence-electron chi connectivity index (χ2n) is 20.5. The highest BCUT2D eigenvalue weighted by Crippen LogP contribution is 2.15. The SMILES string of the molecule is CC[C@H](C)[C@H](NC(=O)[C@H](CCCN=C(N)N)NC(=O)[C@H](CC(N)=O)NC(=O)[C@H](CO)NC(=O)[C@@H](NC(=O)[C@@H](N)CCCN=C(N)N)[C@@H](C)CC)C(=O)N[C@@H](CC(C)C)C(=O)N[C@@H](CC(C)C)C(=O)N[C@@H](CCCN=C(N)N)C(=O)O. The standard InChI is InChI=1S/C49H93N19O12/c1-9-26(7)36(67-38(71)28(50)14-11-17-58-47(52)53)45(78)66-34(23-69)43(76)64-33(22-35(51)70)42(75)61-29(15-12-18-59-48(54)55)39(72)68-37(27(8)10-2)44(77)65-32(21-25(5)6)41(74)63-31(20-24(3)4)40(73)62-30(46(79)80)16-13-19-60-49(56)57/h24-34,36-37,69H,9-23,50H2,1-8H3,(H2,51,70)(H,61,75)(H,62,73)(H,63,74)(H,64,76)(H,65,77)(H,66,78)(H,67,71)(H,68,72)(H,79,80)(H4,52,53,58)(H4,54,55,59)(H4,56,57,60)/t26-,27-,28-,29-,30-,31-,32-,33-,34-,36-,37-/m0/s1. The Kier molecular flexibility index (Phi) is 34.5. The topological polar surface area (TPSA) is 553 Å². The molecule has 31 nitrogen and oxygen atoms in total. The van der Waals surface area contributed by atoms with E-state index in [9.17, 15) is 58.2 Å². The first-order valence-electron chi connectivity index (χ1n) is 26.9. The van der Waals surface area contributed by atoms with Gasteiger partial charge in [0.15, 0.2) is 17.9 Å². The van der Waals surface area contributed by atoms with Gasteiger partial charge >= 0.3 is 5.97 Å². The van der Waals surface area contributed by atoms with Crippen LogP contribution in [0.4, 0.5) is 0 Å². The third-order valence-electron chi connectivity index (χ3n) is 12.6. The van der Waals surface area contributed by atoms with Gasteiger partial charge in [-0.25, -0.2) is 4.79 Å². The van der Waals surface area contributed by atoms with E-state index in [1.807, 2.05) is 0 Å². The summed E-state index contributed by atoms with van der Waals surface area (Å²) in [5.41, 5.74) is 43.9. The van der Waals surface area contributed by atoms with E-state index in [4.69, 9.17) is 45.9 Å². The summed E-state index contributed by atoms with van der Waals surface area (Å²) in [6, 6.07) is -12.6. The normalized spacial score (nSPS) is 15.2. The van der Waals surface area contributed by atoms with Crippen molar-refractivity contribution < 1.29 is 58.2 Å². The minimum absolute atomic E-state index is 0.0287. The summed E-state index contributed by atoms with van der Waals surface area (Å²) in [6.45, 7) is 13.2. The van der Waals surface area contributed by atoms with E-state index in [-0.39, 0.29) is 94.3 Å². The predicted molar refractivity (Wildman–Crippen MR) is 300 cm³/mol. The summed E-state index contributed by atoms with van der Waals surface area (Å²) in [7, 11) is 0. The number of carbonyl (C=O) groups excluding carboxylic acids is 9. The Labute approximate surface area is 467 Å². The van der Waals surface area contributed by atoms with Crippen LogP contribution in [0.5, 0.6) is 0 Å². The Morgan fingerprint density at radius 1 is 0.425 bits per heavy atom. The highest BCUT2D eigenvalue weighted by molar-refractivity contribution is 5.99. The van der Waals surface area contributed by atoms with Gasteiger partial charge in [-0.1, -0.05) is 68.2 Å². The molecular weight excluding hydrogens is 1050 g/mol. The molecule has 0 aliphatic heterocycles. The molecule has 0 aliphatic rings. The second kappa shape index (κ2) is 38.1. The van der Waals surface area contributed by atoms with Gasteiger partial charge in [0.2, 0.25) is 53.2 Å². The molecule has 0 aromatic heterocycles. The molecule has 0 fully saturated rings. The molecule has 0 bridgehead atoms. The number of aliphatic hydroxyl groups excluding tert-OH is 1. The number of aliphatic carboxylic acids is 1. The summed E-state index contributed by atoms with van der Waals surface area (Å²) in [5.74, 6) is -11.7. The first kappa shape index (κ1) is 72.4. The third-order valence-corrected chi connectivity index (χ3v) is 12.6. The molecule has 26 N–H and O–H groups in total. The number of nitrogens with two attached hydrogens (primary N) is 8. The zero-order valence-corrected chi connectivity index (χ0v) is 47.5. The van der Waals surface area contributed by atoms with Gasteiger partial charge < -0.3 is 98.6 Å². The number of aliphatic hydroxyl groups is 1. The van der Waals surface area contributed by atoms with Crippen molar-refractivity contribution in [2.24, 2.45) is 84.5 Å². The zero-order chi connectivity index (χ0) is 61.4. The number of nitrogens with zero attached hydrogens (tertiary/aromatic N) is 3. The van der Waals surface area contributed by atoms with Crippen molar-refractivity contribution in [2.75, 3.05) is 26.2 Å². The Bertz CT molecular complexity index is 2130. The van der Waals surface area contributed by atoms with Crippen LogP contribution in [0.2, 0.25) is 0 Å². The molecule has 0 saturated heterocycles. The van der Waals surface area contributed by atoms with E-state index in [0.717, 1.165) is 0 Å². The van der Waals surface area contributed by atoms with Gasteiger partial charge in [-0.3, -0.25) is 58.1 Å². The average molecular weight is 1140 g/mol. The fourth-order valence-electron chi connectivity index (χ4n) is 7.72. The number of hydrogen-bond acceptors (Lipinski definition) is 15. The van der Waals surface area contributed by atoms with E-state index >= 15 is 0 Å². The molecule has 0 aromatic carbocycles. The Morgan fingerprint density at radius 3 is 1.14 bits per heavy atom. The Balaban J connectivity index is 6.75. The highest BCUT2D eigenvalue weighted by Gasteiger charge is 2.37. The summed E-state index contributed by atoms with van der Waals surface area (Å²) in [4.78, 5) is 147. The molecule has 80 heavy (non-hydrogen) atoms. The van der Waals surface area contributed by atoms with Crippen molar-refractivity contribution in [1.29, 1.82) is 0 Å². The van der Waals surface area contributed by atoms with E-state index in [0.29, 0.717) is 19.3 Å². The summed E-state index contributed by atoms with van der Waals surface area (Å²) < 4.78 is 0. The van der Waals surface area contributed by atoms with Crippen LogP contribution in [0.15, 0.2) is 15.0 Å². The van der Waals surface area contributed by atoms with Crippen LogP contribution in [0.1, 0.15) is 126 Å². The first-order chi connectivity index (χ1) is 37.4. The third kappa shape index (κ3) is 29.4. The molecule has 456 valence electrons. The molecule has 11 atom stereocenters. The van der Waals surface area contributed by atoms with E-state index in [1.165, 1.54) is 0 Å². The monoisotopic (exact) mass is 1140 g/mol. The molecule has 9 amide bonds. The van der Waals surface area contributed by atoms with Crippen molar-refractivity contribution in [3.63, 3.8) is 0 Å². The maximum absolute atomic E-state index is 14.3. The zero-order valence-electron chi connectivity index (χ0n) is 47.5. The van der Waals surface area contributed by atoms with Crippen molar-refractivity contribution in [3.05, 3.63) is 0 Å². The van der Waals surface area contributed by atoms with Crippen LogP contribution in [0, 0.1) is 23.7 Å². The van der Waals surface area contributed by atoms with Crippen LogP contribution in [-0.2, 0) is 47.9 Å². The molecule has 0 unspecified atom stereocenters. The molecule has 0 heterocycles. The summed E-state index contributed by atoms with van der Waals surface area (Å²) >= 11 is 0. The molecule has 0 spiro atoms. The number of carboxylic acids is 1. The van der Waals surface area contributed by atoms with Crippen molar-refractivity contribution >= 4 is 77.0 Å². The van der Waals surface area contributed by atoms with Gasteiger partial charge in [-0.15, -0.1) is 0 Å². The first-order valence-corrected chi connectivity index (χ1v) is 26.9. The number of primary amides is 1. The summed E-state index contributed by atoms with van der Waals surface area (Å²) in [5, 5.41) is 40.3. The molecule has 31 heteroatoms. The molecule has 0 radical (unpaired) electrons. The van der Waals surface area contributed by atoms with E-state index in [1.54, 1.807) is 55.4 Å². The van der Waals surface area contributed by atoms with Gasteiger partial charge in [0.05, 0.1) is 19.1 Å². The predicted octanol–water partition coefficient (Wildman–Crippen LogP) is -5.51. The van der Waals surface area contributed by atoms with Crippen molar-refractivity contribution in [3.8, 4) is 0 Å². The van der Waals surface area contributed by atoms with E-state index in [2.05, 4.69) is 57.5 Å². The number of aliphatic imine (C=N–C) groups is 3. The van der Waals surface area contributed by atoms with Crippen LogP contribution >= 0.6 is 0 Å². The highest BCUT2D eigenvalue weighted by atomic mass is 16.4. The molecular formula is C49H93N19O12. The van der Waals surface area contributed by atoms with Crippen molar-refractivity contribution in [2.45, 2.75) is 180 Å². The van der Waals surface area contributed by atoms with Crippen LogP contribution in [0.3, 0.4) is 0 Å². The molecule has 0 aromatic rings. The lowest BCUT2D eigenvalue weighted by Gasteiger charge is -2.30. The minimum atomic E-state index is -1.81. The Hall–Kier alpha value is -7.57. The lowest BCUT2D eigenvalue weighted by molar-refractivity contribution is -0.142. The maximum atomic E-state index is 14.3. The van der Waals surface area contributed by atoms with Crippen molar-refractivity contribution in [1.82, 2.24) is 42.5 Å². The van der Waals surface area contributed by atoms with Crippen LogP contribution < -0.4 is 88.4 Å². The number of nitrogens with one attached hydrogen (secondary N) is 8. The number of carboxylic acid groups (broad SMARTS) is 1. The smallest absolute Gasteiger partial charge is 0.326 e. The van der Waals surface area contributed by atoms with Gasteiger partial charge in [0, 0.05) is 19.6 Å². The molecule has 0 rings (SSSR count). The van der Waals surface area contributed by atoms with E-state index < -0.39 is 138 Å². The Morgan fingerprint density at radius 2 is 0.750 bits per heavy atom. The second-order valence-corrected chi connectivity index (χ2v) is 20.5. The largest absolute Gasteiger partial charge is 0.480 e. The number of guanidine groups is 3. The van der Waals surface area contributed by atoms with Gasteiger partial charge in [-0.2, -0.15) is 0 Å². The number of carbonyl (C=O) groups is 10. The van der Waals surface area contributed by atoms with Gasteiger partial charge in [-0.05, 0) is 75.0 Å². The van der Waals surface area contributed by atoms with Crippen LogP contribution in [-0.4, -0.2) is 168 Å². The number of amides is 9. The lowest BCUT2D eigenvalue weighted by Crippen LogP contribution is -2.62. The minimum Gasteiger partial charge on any atom is -0.480 e.